The lowest BCUT2D eigenvalue weighted by Gasteiger charge is -2.38. The molecule has 188 valence electrons. The second-order valence-electron chi connectivity index (χ2n) is 10.8. The van der Waals surface area contributed by atoms with E-state index in [1.54, 1.807) is 0 Å². The molecular weight excluding hydrogens is 508 g/mol. The molecule has 0 spiro atoms. The van der Waals surface area contributed by atoms with E-state index in [4.69, 9.17) is 18.6 Å². The Bertz CT molecular complexity index is 1400. The summed E-state index contributed by atoms with van der Waals surface area (Å²) in [5.74, 6) is -1.41. The van der Waals surface area contributed by atoms with E-state index in [0.717, 1.165) is 23.5 Å². The molecule has 2 aromatic heterocycles. The summed E-state index contributed by atoms with van der Waals surface area (Å²) in [7, 11) is -2.06. The topological polar surface area (TPSA) is 88.5 Å². The third-order valence-corrected chi connectivity index (χ3v) is 7.77. The SMILES string of the molecule is CC1CC(C)(C)OB(c2c(F)c3c4nsnc4c(B4OC(C)CC(C)(C)O4)c(F)c3c3nsnc23)O1. The van der Waals surface area contributed by atoms with E-state index in [0.29, 0.717) is 12.8 Å². The van der Waals surface area contributed by atoms with E-state index in [9.17, 15) is 0 Å². The molecule has 4 heterocycles. The third kappa shape index (κ3) is 3.84. The minimum atomic E-state index is -1.03. The fourth-order valence-corrected chi connectivity index (χ4v) is 6.65. The van der Waals surface area contributed by atoms with E-state index in [2.05, 4.69) is 17.5 Å². The summed E-state index contributed by atoms with van der Waals surface area (Å²) in [5.41, 5.74) is -0.0912. The number of fused-ring (bicyclic) bond motifs is 5. The van der Waals surface area contributed by atoms with Crippen LogP contribution in [0.15, 0.2) is 0 Å². The summed E-state index contributed by atoms with van der Waals surface area (Å²) in [5, 5.41) is -0.0527. The van der Waals surface area contributed by atoms with E-state index in [1.807, 2.05) is 41.5 Å². The van der Waals surface area contributed by atoms with Crippen LogP contribution in [0.25, 0.3) is 32.8 Å². The van der Waals surface area contributed by atoms with Crippen molar-refractivity contribution >= 4 is 81.5 Å². The predicted molar refractivity (Wildman–Crippen MR) is 137 cm³/mol. The number of halogens is 2. The first-order chi connectivity index (χ1) is 17.0. The van der Waals surface area contributed by atoms with Crippen molar-refractivity contribution in [3.63, 3.8) is 0 Å². The zero-order valence-corrected chi connectivity index (χ0v) is 22.4. The Morgan fingerprint density at radius 2 is 1.06 bits per heavy atom. The van der Waals surface area contributed by atoms with Crippen LogP contribution in [0.4, 0.5) is 8.78 Å². The van der Waals surface area contributed by atoms with Crippen LogP contribution in [-0.4, -0.2) is 55.1 Å². The van der Waals surface area contributed by atoms with Gasteiger partial charge in [0, 0.05) is 23.1 Å². The van der Waals surface area contributed by atoms with Gasteiger partial charge in [-0.25, -0.2) is 8.78 Å². The van der Waals surface area contributed by atoms with Gasteiger partial charge in [-0.15, -0.1) is 0 Å². The Kier molecular flexibility index (Phi) is 5.67. The molecule has 14 heteroatoms. The van der Waals surface area contributed by atoms with Crippen LogP contribution >= 0.6 is 23.5 Å². The van der Waals surface area contributed by atoms with Crippen molar-refractivity contribution in [2.75, 3.05) is 0 Å². The third-order valence-electron chi connectivity index (χ3n) is 6.72. The second-order valence-corrected chi connectivity index (χ2v) is 11.9. The lowest BCUT2D eigenvalue weighted by atomic mass is 9.70. The standard InChI is InChI=1S/C22H24B2F2N4O4S2/c1-9-7-21(3,4)33-23(31-9)13-15(25)11-12(17-19(13)29-35-27-17)16(26)14(20-18(11)28-36-30-20)24-32-10(2)8-22(5,6)34-24/h9-10H,7-8H2,1-6H3. The highest BCUT2D eigenvalue weighted by Gasteiger charge is 2.45. The Morgan fingerprint density at radius 1 is 0.694 bits per heavy atom. The van der Waals surface area contributed by atoms with E-state index in [-0.39, 0.29) is 56.0 Å². The first-order valence-electron chi connectivity index (χ1n) is 11.8. The van der Waals surface area contributed by atoms with Crippen molar-refractivity contribution < 1.29 is 27.4 Å². The summed E-state index contributed by atoms with van der Waals surface area (Å²) in [6.45, 7) is 11.5. The number of rotatable bonds is 2. The molecule has 2 aliphatic rings. The summed E-state index contributed by atoms with van der Waals surface area (Å²) in [6, 6.07) is 0. The minimum Gasteiger partial charge on any atom is -0.405 e. The van der Waals surface area contributed by atoms with Crippen LogP contribution in [0.3, 0.4) is 0 Å². The largest absolute Gasteiger partial charge is 0.499 e. The summed E-state index contributed by atoms with van der Waals surface area (Å²) in [4.78, 5) is 0. The van der Waals surface area contributed by atoms with Crippen LogP contribution in [-0.2, 0) is 18.6 Å². The van der Waals surface area contributed by atoms with Crippen molar-refractivity contribution in [3.8, 4) is 0 Å². The van der Waals surface area contributed by atoms with Crippen LogP contribution in [0.2, 0.25) is 0 Å². The molecule has 2 unspecified atom stereocenters. The molecule has 0 amide bonds. The minimum absolute atomic E-state index is 0.0263. The monoisotopic (exact) mass is 532 g/mol. The molecule has 36 heavy (non-hydrogen) atoms. The first kappa shape index (κ1) is 24.5. The van der Waals surface area contributed by atoms with Gasteiger partial charge < -0.3 is 18.6 Å². The van der Waals surface area contributed by atoms with Crippen molar-refractivity contribution in [3.05, 3.63) is 11.6 Å². The first-order valence-corrected chi connectivity index (χ1v) is 13.3. The molecule has 2 aromatic carbocycles. The zero-order valence-electron chi connectivity index (χ0n) is 20.7. The molecule has 0 saturated carbocycles. The van der Waals surface area contributed by atoms with Gasteiger partial charge in [-0.2, -0.15) is 17.5 Å². The molecule has 0 aliphatic carbocycles. The molecule has 4 aromatic rings. The smallest absolute Gasteiger partial charge is 0.405 e. The molecule has 0 radical (unpaired) electrons. The van der Waals surface area contributed by atoms with Crippen molar-refractivity contribution in [2.24, 2.45) is 0 Å². The van der Waals surface area contributed by atoms with Gasteiger partial charge in [0.15, 0.2) is 0 Å². The molecule has 8 nitrogen and oxygen atoms in total. The van der Waals surface area contributed by atoms with Crippen molar-refractivity contribution in [1.29, 1.82) is 0 Å². The molecular formula is C22H24B2F2N4O4S2. The molecule has 2 atom stereocenters. The van der Waals surface area contributed by atoms with Crippen molar-refractivity contribution in [1.82, 2.24) is 17.5 Å². The van der Waals surface area contributed by atoms with Gasteiger partial charge in [0.2, 0.25) is 0 Å². The Hall–Kier alpha value is -1.83. The van der Waals surface area contributed by atoms with Crippen molar-refractivity contribution in [2.45, 2.75) is 77.8 Å². The number of hydrogen-bond acceptors (Lipinski definition) is 10. The van der Waals surface area contributed by atoms with Gasteiger partial charge >= 0.3 is 14.2 Å². The lowest BCUT2D eigenvalue weighted by molar-refractivity contribution is -0.0238. The Balaban J connectivity index is 1.65. The van der Waals surface area contributed by atoms with Gasteiger partial charge in [0.1, 0.15) is 33.7 Å². The highest BCUT2D eigenvalue weighted by molar-refractivity contribution is 7.00. The van der Waals surface area contributed by atoms with Crippen LogP contribution < -0.4 is 10.9 Å². The normalized spacial score (nSPS) is 24.3. The number of nitrogens with zero attached hydrogens (tertiary/aromatic N) is 4. The fourth-order valence-electron chi connectivity index (χ4n) is 5.52. The molecule has 2 fully saturated rings. The summed E-state index contributed by atoms with van der Waals surface area (Å²) < 4.78 is 74.6. The van der Waals surface area contributed by atoms with E-state index >= 15 is 8.78 Å². The highest BCUT2D eigenvalue weighted by atomic mass is 32.1. The van der Waals surface area contributed by atoms with Crippen LogP contribution in [0.5, 0.6) is 0 Å². The predicted octanol–water partition coefficient (Wildman–Crippen LogP) is 3.73. The van der Waals surface area contributed by atoms with Gasteiger partial charge in [-0.3, -0.25) is 0 Å². The second kappa shape index (κ2) is 8.34. The van der Waals surface area contributed by atoms with E-state index < -0.39 is 37.1 Å². The maximum absolute atomic E-state index is 16.5. The average Bonchev–Trinajstić information content (AvgIpc) is 3.40. The molecule has 2 aliphatic heterocycles. The lowest BCUT2D eigenvalue weighted by Crippen LogP contribution is -2.53. The number of aromatic nitrogens is 4. The molecule has 0 N–H and O–H groups in total. The average molecular weight is 532 g/mol. The zero-order chi connectivity index (χ0) is 25.6. The fraction of sp³-hybridized carbons (Fsp3) is 0.545. The molecule has 6 rings (SSSR count). The summed E-state index contributed by atoms with van der Waals surface area (Å²) in [6.07, 6.45) is 0.930. The maximum atomic E-state index is 16.5. The Morgan fingerprint density at radius 3 is 1.42 bits per heavy atom. The number of hydrogen-bond donors (Lipinski definition) is 0. The highest BCUT2D eigenvalue weighted by Crippen LogP contribution is 2.36. The van der Waals surface area contributed by atoms with Gasteiger partial charge in [-0.05, 0) is 54.4 Å². The van der Waals surface area contributed by atoms with Crippen LogP contribution in [0.1, 0.15) is 54.4 Å². The quantitative estimate of drug-likeness (QED) is 0.361. The van der Waals surface area contributed by atoms with Gasteiger partial charge in [0.25, 0.3) is 0 Å². The van der Waals surface area contributed by atoms with E-state index in [1.165, 1.54) is 0 Å². The van der Waals surface area contributed by atoms with Crippen LogP contribution in [0, 0.1) is 11.6 Å². The Labute approximate surface area is 215 Å². The molecule has 2 saturated heterocycles. The number of benzene rings is 2. The molecule has 0 bridgehead atoms. The van der Waals surface area contributed by atoms with Gasteiger partial charge in [0.05, 0.1) is 45.4 Å². The maximum Gasteiger partial charge on any atom is 0.499 e. The van der Waals surface area contributed by atoms with Gasteiger partial charge in [-0.1, -0.05) is 0 Å². The summed E-state index contributed by atoms with van der Waals surface area (Å²) >= 11 is 1.75.